The molecular weight excluding hydrogens is 430 g/mol. The topological polar surface area (TPSA) is 79.0 Å². The molecule has 0 saturated carbocycles. The molecule has 4 aliphatic heterocycles. The molecular formula is C24H22ClN3O4. The Morgan fingerprint density at radius 2 is 1.94 bits per heavy atom. The van der Waals surface area contributed by atoms with Crippen LogP contribution >= 0.6 is 11.6 Å². The summed E-state index contributed by atoms with van der Waals surface area (Å²) in [6.45, 7) is 2.50. The number of anilines is 2. The number of imide groups is 1. The van der Waals surface area contributed by atoms with Gasteiger partial charge in [-0.1, -0.05) is 29.8 Å². The summed E-state index contributed by atoms with van der Waals surface area (Å²) in [6, 6.07) is 10.7. The lowest BCUT2D eigenvalue weighted by Gasteiger charge is -2.36. The number of nitrogens with zero attached hydrogens (tertiary/aromatic N) is 2. The van der Waals surface area contributed by atoms with Gasteiger partial charge in [0.15, 0.2) is 0 Å². The summed E-state index contributed by atoms with van der Waals surface area (Å²) in [5.74, 6) is -1.87. The first-order chi connectivity index (χ1) is 15.4. The van der Waals surface area contributed by atoms with E-state index in [-0.39, 0.29) is 23.8 Å². The predicted molar refractivity (Wildman–Crippen MR) is 119 cm³/mol. The first kappa shape index (κ1) is 19.8. The average molecular weight is 452 g/mol. The van der Waals surface area contributed by atoms with Crippen LogP contribution in [0.15, 0.2) is 36.4 Å². The molecule has 3 saturated heterocycles. The highest BCUT2D eigenvalue weighted by molar-refractivity contribution is 6.32. The van der Waals surface area contributed by atoms with Gasteiger partial charge in [0.25, 0.3) is 0 Å². The molecule has 4 aliphatic rings. The molecule has 1 N–H and O–H groups in total. The van der Waals surface area contributed by atoms with Crippen LogP contribution < -0.4 is 15.0 Å². The summed E-state index contributed by atoms with van der Waals surface area (Å²) in [7, 11) is 1.48. The van der Waals surface area contributed by atoms with Gasteiger partial charge in [-0.25, -0.2) is 4.90 Å². The molecule has 0 radical (unpaired) electrons. The number of para-hydroxylation sites is 1. The number of rotatable bonds is 2. The van der Waals surface area contributed by atoms with Crippen molar-refractivity contribution in [2.45, 2.75) is 31.3 Å². The van der Waals surface area contributed by atoms with Gasteiger partial charge in [0.05, 0.1) is 24.6 Å². The van der Waals surface area contributed by atoms with Crippen molar-refractivity contribution in [2.75, 3.05) is 23.9 Å². The second-order valence-corrected chi connectivity index (χ2v) is 9.36. The Hall–Kier alpha value is -2.90. The normalized spacial score (nSPS) is 30.7. The highest BCUT2D eigenvalue weighted by atomic mass is 35.5. The SMILES string of the molecule is COc1cc(Cl)c(C)cc1N1C(=O)C2C3CCCN3C3(C(=O)Nc4ccccc43)C2C1=O. The number of benzene rings is 2. The quantitative estimate of drug-likeness (QED) is 0.710. The second kappa shape index (κ2) is 6.56. The van der Waals surface area contributed by atoms with Gasteiger partial charge < -0.3 is 10.1 Å². The van der Waals surface area contributed by atoms with Gasteiger partial charge in [-0.2, -0.15) is 0 Å². The fourth-order valence-electron chi connectivity index (χ4n) is 6.38. The third kappa shape index (κ3) is 2.18. The maximum absolute atomic E-state index is 14.0. The van der Waals surface area contributed by atoms with E-state index in [1.54, 1.807) is 12.1 Å². The first-order valence-corrected chi connectivity index (χ1v) is 11.2. The summed E-state index contributed by atoms with van der Waals surface area (Å²) in [6.07, 6.45) is 1.66. The van der Waals surface area contributed by atoms with Gasteiger partial charge in [0.1, 0.15) is 11.3 Å². The third-order valence-electron chi connectivity index (χ3n) is 7.60. The highest BCUT2D eigenvalue weighted by Crippen LogP contribution is 2.61. The molecule has 3 amide bonds. The number of amides is 3. The Morgan fingerprint density at radius 3 is 2.72 bits per heavy atom. The minimum atomic E-state index is -1.17. The monoisotopic (exact) mass is 451 g/mol. The van der Waals surface area contributed by atoms with Crippen LogP contribution in [-0.4, -0.2) is 42.3 Å². The molecule has 1 spiro atoms. The Morgan fingerprint density at radius 1 is 1.16 bits per heavy atom. The lowest BCUT2D eigenvalue weighted by molar-refractivity contribution is -0.135. The molecule has 6 rings (SSSR count). The molecule has 4 atom stereocenters. The number of hydrogen-bond acceptors (Lipinski definition) is 5. The predicted octanol–water partition coefficient (Wildman–Crippen LogP) is 3.09. The summed E-state index contributed by atoms with van der Waals surface area (Å²) in [5.41, 5.74) is 1.44. The van der Waals surface area contributed by atoms with Crippen molar-refractivity contribution in [1.82, 2.24) is 4.90 Å². The van der Waals surface area contributed by atoms with Crippen molar-refractivity contribution < 1.29 is 19.1 Å². The van der Waals surface area contributed by atoms with E-state index in [1.807, 2.05) is 31.2 Å². The molecule has 0 bridgehead atoms. The number of hydrogen-bond donors (Lipinski definition) is 1. The number of halogens is 1. The second-order valence-electron chi connectivity index (χ2n) is 8.96. The average Bonchev–Trinajstić information content (AvgIpc) is 3.48. The van der Waals surface area contributed by atoms with Crippen molar-refractivity contribution >= 4 is 40.7 Å². The van der Waals surface area contributed by atoms with Crippen LogP contribution in [-0.2, 0) is 19.9 Å². The van der Waals surface area contributed by atoms with E-state index in [2.05, 4.69) is 10.2 Å². The van der Waals surface area contributed by atoms with Gasteiger partial charge >= 0.3 is 0 Å². The smallest absolute Gasteiger partial charge is 0.250 e. The molecule has 4 heterocycles. The Bertz CT molecular complexity index is 1210. The summed E-state index contributed by atoms with van der Waals surface area (Å²) in [4.78, 5) is 44.8. The molecule has 0 aromatic heterocycles. The zero-order valence-electron chi connectivity index (χ0n) is 17.7. The molecule has 164 valence electrons. The first-order valence-electron chi connectivity index (χ1n) is 10.8. The van der Waals surface area contributed by atoms with Gasteiger partial charge in [-0.3, -0.25) is 19.3 Å². The molecule has 3 fully saturated rings. The standard InChI is InChI=1S/C24H22ClN3O4/c1-12-10-17(18(32-2)11-14(12)25)28-21(29)19-16-8-5-9-27(16)24(20(19)22(28)30)13-6-3-4-7-15(13)26-23(24)31/h3-4,6-7,10-11,16,19-20H,5,8-9H2,1-2H3,(H,26,31). The van der Waals surface area contributed by atoms with Crippen molar-refractivity contribution in [3.8, 4) is 5.75 Å². The zero-order chi connectivity index (χ0) is 22.4. The number of ether oxygens (including phenoxy) is 1. The number of aryl methyl sites for hydroxylation is 1. The van der Waals surface area contributed by atoms with Crippen molar-refractivity contribution in [1.29, 1.82) is 0 Å². The van der Waals surface area contributed by atoms with Crippen molar-refractivity contribution in [3.63, 3.8) is 0 Å². The van der Waals surface area contributed by atoms with Crippen LogP contribution in [0.4, 0.5) is 11.4 Å². The highest BCUT2D eigenvalue weighted by Gasteiger charge is 2.74. The van der Waals surface area contributed by atoms with Gasteiger partial charge in [0, 0.05) is 28.4 Å². The van der Waals surface area contributed by atoms with E-state index in [9.17, 15) is 14.4 Å². The summed E-state index contributed by atoms with van der Waals surface area (Å²) in [5, 5.41) is 3.47. The van der Waals surface area contributed by atoms with E-state index < -0.39 is 17.4 Å². The van der Waals surface area contributed by atoms with E-state index >= 15 is 0 Å². The minimum absolute atomic E-state index is 0.155. The van der Waals surface area contributed by atoms with E-state index in [1.165, 1.54) is 12.0 Å². The maximum atomic E-state index is 14.0. The van der Waals surface area contributed by atoms with Crippen LogP contribution in [0.3, 0.4) is 0 Å². The number of carbonyl (C=O) groups is 3. The fraction of sp³-hybridized carbons (Fsp3) is 0.375. The van der Waals surface area contributed by atoms with Crippen LogP contribution in [0.2, 0.25) is 5.02 Å². The third-order valence-corrected chi connectivity index (χ3v) is 8.01. The van der Waals surface area contributed by atoms with Crippen molar-refractivity contribution in [2.24, 2.45) is 11.8 Å². The van der Waals surface area contributed by atoms with Gasteiger partial charge in [-0.15, -0.1) is 0 Å². The van der Waals surface area contributed by atoms with E-state index in [4.69, 9.17) is 16.3 Å². The van der Waals surface area contributed by atoms with E-state index in [0.717, 1.165) is 24.0 Å². The zero-order valence-corrected chi connectivity index (χ0v) is 18.5. The maximum Gasteiger partial charge on any atom is 0.250 e. The molecule has 2 aromatic carbocycles. The Balaban J connectivity index is 1.56. The minimum Gasteiger partial charge on any atom is -0.495 e. The van der Waals surface area contributed by atoms with Crippen LogP contribution in [0.25, 0.3) is 0 Å². The Kier molecular flexibility index (Phi) is 4.05. The molecule has 7 nitrogen and oxygen atoms in total. The number of nitrogens with one attached hydrogen (secondary N) is 1. The van der Waals surface area contributed by atoms with Gasteiger partial charge in [0.2, 0.25) is 17.7 Å². The fourth-order valence-corrected chi connectivity index (χ4v) is 6.54. The van der Waals surface area contributed by atoms with Crippen LogP contribution in [0.5, 0.6) is 5.75 Å². The molecule has 0 aliphatic carbocycles. The number of carbonyl (C=O) groups excluding carboxylic acids is 3. The van der Waals surface area contributed by atoms with E-state index in [0.29, 0.717) is 28.7 Å². The molecule has 32 heavy (non-hydrogen) atoms. The number of fused-ring (bicyclic) bond motifs is 7. The van der Waals surface area contributed by atoms with Gasteiger partial charge in [-0.05, 0) is 44.0 Å². The molecule has 2 aromatic rings. The lowest BCUT2D eigenvalue weighted by atomic mass is 9.75. The summed E-state index contributed by atoms with van der Waals surface area (Å²) < 4.78 is 5.47. The molecule has 8 heteroatoms. The Labute approximate surface area is 190 Å². The van der Waals surface area contributed by atoms with Crippen LogP contribution in [0.1, 0.15) is 24.0 Å². The van der Waals surface area contributed by atoms with Crippen LogP contribution in [0, 0.1) is 18.8 Å². The molecule has 4 unspecified atom stereocenters. The van der Waals surface area contributed by atoms with Crippen molar-refractivity contribution in [3.05, 3.63) is 52.5 Å². The summed E-state index contributed by atoms with van der Waals surface area (Å²) >= 11 is 6.26. The lowest BCUT2D eigenvalue weighted by Crippen LogP contribution is -2.54. The largest absolute Gasteiger partial charge is 0.495 e. The number of methoxy groups -OCH3 is 1.